The molecule has 1 atom stereocenters. The highest BCUT2D eigenvalue weighted by atomic mass is 35.5. The Morgan fingerprint density at radius 2 is 1.87 bits per heavy atom. The van der Waals surface area contributed by atoms with Crippen molar-refractivity contribution in [1.29, 1.82) is 0 Å². The lowest BCUT2D eigenvalue weighted by Gasteiger charge is -2.28. The first-order valence-electron chi connectivity index (χ1n) is 7.84. The fourth-order valence-corrected chi connectivity index (χ4v) is 3.58. The molecule has 4 rings (SSSR count). The molecular formula is C18H18ClN3O. The Morgan fingerprint density at radius 3 is 2.61 bits per heavy atom. The number of rotatable bonds is 2. The summed E-state index contributed by atoms with van der Waals surface area (Å²) in [5, 5.41) is 4.65. The number of anilines is 1. The number of carbonyl (C=O) groups is 1. The van der Waals surface area contributed by atoms with E-state index in [1.54, 1.807) is 0 Å². The zero-order valence-electron chi connectivity index (χ0n) is 12.9. The standard InChI is InChI=1S/C18H18ClN3O/c1-13-6-8-14(9-7-13)17-20-10-3-11-21(20)18(23)22(17)16-5-2-4-15(19)12-16/h2,4-9,12,17H,3,10-11H2,1H3/t17-/m1/s1. The predicted octanol–water partition coefficient (Wildman–Crippen LogP) is 4.21. The lowest BCUT2D eigenvalue weighted by molar-refractivity contribution is 0.0728. The van der Waals surface area contributed by atoms with Crippen molar-refractivity contribution in [1.82, 2.24) is 10.0 Å². The monoisotopic (exact) mass is 327 g/mol. The molecule has 0 saturated carbocycles. The van der Waals surface area contributed by atoms with Gasteiger partial charge in [0, 0.05) is 23.8 Å². The van der Waals surface area contributed by atoms with E-state index in [1.807, 2.05) is 34.2 Å². The second kappa shape index (κ2) is 5.55. The number of amides is 2. The Hall–Kier alpha value is -2.04. The second-order valence-corrected chi connectivity index (χ2v) is 6.49. The van der Waals surface area contributed by atoms with Crippen molar-refractivity contribution in [3.05, 3.63) is 64.7 Å². The number of hydrogen-bond acceptors (Lipinski definition) is 2. The topological polar surface area (TPSA) is 26.8 Å². The third-order valence-electron chi connectivity index (χ3n) is 4.48. The van der Waals surface area contributed by atoms with Gasteiger partial charge in [-0.15, -0.1) is 0 Å². The number of nitrogens with zero attached hydrogens (tertiary/aromatic N) is 3. The van der Waals surface area contributed by atoms with Gasteiger partial charge in [0.15, 0.2) is 0 Å². The molecule has 0 unspecified atom stereocenters. The first-order chi connectivity index (χ1) is 11.1. The summed E-state index contributed by atoms with van der Waals surface area (Å²) in [5.74, 6) is 0. The second-order valence-electron chi connectivity index (χ2n) is 6.06. The zero-order valence-corrected chi connectivity index (χ0v) is 13.7. The third kappa shape index (κ3) is 2.38. The number of aryl methyl sites for hydroxylation is 1. The first-order valence-corrected chi connectivity index (χ1v) is 8.22. The minimum absolute atomic E-state index is 0.0235. The highest BCUT2D eigenvalue weighted by molar-refractivity contribution is 6.30. The van der Waals surface area contributed by atoms with Crippen molar-refractivity contribution in [3.63, 3.8) is 0 Å². The van der Waals surface area contributed by atoms with E-state index >= 15 is 0 Å². The SMILES string of the molecule is Cc1ccc([C@H]2N(c3cccc(Cl)c3)C(=O)N3CCCN23)cc1. The van der Waals surface area contributed by atoms with E-state index in [1.165, 1.54) is 5.56 Å². The summed E-state index contributed by atoms with van der Waals surface area (Å²) in [6.07, 6.45) is 0.904. The summed E-state index contributed by atoms with van der Waals surface area (Å²) in [4.78, 5) is 14.8. The number of urea groups is 1. The van der Waals surface area contributed by atoms with Gasteiger partial charge in [0.2, 0.25) is 0 Å². The molecule has 2 fully saturated rings. The molecule has 2 aromatic rings. The number of hydrazine groups is 1. The summed E-state index contributed by atoms with van der Waals surface area (Å²) in [7, 11) is 0. The van der Waals surface area contributed by atoms with Gasteiger partial charge in [-0.3, -0.25) is 9.91 Å². The Balaban J connectivity index is 1.81. The first kappa shape index (κ1) is 14.5. The molecule has 4 nitrogen and oxygen atoms in total. The van der Waals surface area contributed by atoms with Crippen molar-refractivity contribution in [2.45, 2.75) is 19.5 Å². The van der Waals surface area contributed by atoms with Crippen LogP contribution in [0.1, 0.15) is 23.7 Å². The minimum Gasteiger partial charge on any atom is -0.271 e. The molecule has 0 spiro atoms. The number of fused-ring (bicyclic) bond motifs is 1. The Kier molecular flexibility index (Phi) is 3.51. The average Bonchev–Trinajstić information content (AvgIpc) is 3.11. The Morgan fingerprint density at radius 1 is 1.09 bits per heavy atom. The molecule has 2 aliphatic rings. The van der Waals surface area contributed by atoms with E-state index < -0.39 is 0 Å². The fraction of sp³-hybridized carbons (Fsp3) is 0.278. The van der Waals surface area contributed by atoms with E-state index in [9.17, 15) is 4.79 Å². The zero-order chi connectivity index (χ0) is 16.0. The lowest BCUT2D eigenvalue weighted by atomic mass is 10.1. The predicted molar refractivity (Wildman–Crippen MR) is 91.3 cm³/mol. The molecule has 118 valence electrons. The van der Waals surface area contributed by atoms with Gasteiger partial charge >= 0.3 is 6.03 Å². The normalized spacial score (nSPS) is 21.1. The van der Waals surface area contributed by atoms with E-state index in [2.05, 4.69) is 36.2 Å². The van der Waals surface area contributed by atoms with Crippen LogP contribution < -0.4 is 4.90 Å². The molecule has 0 N–H and O–H groups in total. The highest BCUT2D eigenvalue weighted by Gasteiger charge is 2.47. The summed E-state index contributed by atoms with van der Waals surface area (Å²) >= 11 is 6.14. The van der Waals surface area contributed by atoms with E-state index in [0.29, 0.717) is 5.02 Å². The molecule has 2 aromatic carbocycles. The smallest absolute Gasteiger partial charge is 0.271 e. The van der Waals surface area contributed by atoms with E-state index in [0.717, 1.165) is 30.8 Å². The molecule has 0 bridgehead atoms. The molecule has 0 radical (unpaired) electrons. The van der Waals surface area contributed by atoms with Crippen LogP contribution in [-0.4, -0.2) is 29.1 Å². The van der Waals surface area contributed by atoms with Gasteiger partial charge in [0.1, 0.15) is 6.17 Å². The minimum atomic E-state index is -0.107. The van der Waals surface area contributed by atoms with Crippen molar-refractivity contribution in [2.75, 3.05) is 18.0 Å². The van der Waals surface area contributed by atoms with Crippen LogP contribution in [0.15, 0.2) is 48.5 Å². The lowest BCUT2D eigenvalue weighted by Crippen LogP contribution is -2.32. The molecule has 23 heavy (non-hydrogen) atoms. The fourth-order valence-electron chi connectivity index (χ4n) is 3.39. The molecule has 2 saturated heterocycles. The van der Waals surface area contributed by atoms with Crippen molar-refractivity contribution in [3.8, 4) is 0 Å². The van der Waals surface area contributed by atoms with Gasteiger partial charge in [-0.25, -0.2) is 4.79 Å². The van der Waals surface area contributed by atoms with Crippen LogP contribution in [0, 0.1) is 6.92 Å². The number of carbonyl (C=O) groups excluding carboxylic acids is 1. The summed E-state index contributed by atoms with van der Waals surface area (Å²) in [6.45, 7) is 3.74. The van der Waals surface area contributed by atoms with Crippen LogP contribution in [0.4, 0.5) is 10.5 Å². The van der Waals surface area contributed by atoms with Crippen LogP contribution in [0.3, 0.4) is 0 Å². The highest BCUT2D eigenvalue weighted by Crippen LogP contribution is 2.40. The Bertz CT molecular complexity index is 746. The quantitative estimate of drug-likeness (QED) is 0.826. The van der Waals surface area contributed by atoms with E-state index in [-0.39, 0.29) is 12.2 Å². The van der Waals surface area contributed by atoms with Crippen LogP contribution in [-0.2, 0) is 0 Å². The van der Waals surface area contributed by atoms with Gasteiger partial charge < -0.3 is 0 Å². The van der Waals surface area contributed by atoms with Crippen LogP contribution in [0.25, 0.3) is 0 Å². The largest absolute Gasteiger partial charge is 0.340 e. The van der Waals surface area contributed by atoms with Crippen LogP contribution in [0.2, 0.25) is 5.02 Å². The molecule has 2 aliphatic heterocycles. The average molecular weight is 328 g/mol. The van der Waals surface area contributed by atoms with Crippen molar-refractivity contribution in [2.24, 2.45) is 0 Å². The van der Waals surface area contributed by atoms with Gasteiger partial charge in [-0.05, 0) is 37.1 Å². The van der Waals surface area contributed by atoms with Crippen molar-refractivity contribution < 1.29 is 4.79 Å². The summed E-state index contributed by atoms with van der Waals surface area (Å²) in [5.41, 5.74) is 3.17. The summed E-state index contributed by atoms with van der Waals surface area (Å²) in [6, 6.07) is 15.9. The molecule has 5 heteroatoms. The maximum Gasteiger partial charge on any atom is 0.340 e. The van der Waals surface area contributed by atoms with Crippen LogP contribution >= 0.6 is 11.6 Å². The molecule has 0 aliphatic carbocycles. The maximum absolute atomic E-state index is 12.9. The molecule has 0 aromatic heterocycles. The van der Waals surface area contributed by atoms with Gasteiger partial charge in [-0.1, -0.05) is 47.5 Å². The molecular weight excluding hydrogens is 310 g/mol. The number of halogens is 1. The van der Waals surface area contributed by atoms with Crippen LogP contribution in [0.5, 0.6) is 0 Å². The number of hydrogen-bond donors (Lipinski definition) is 0. The van der Waals surface area contributed by atoms with Crippen molar-refractivity contribution >= 4 is 23.3 Å². The molecule has 2 amide bonds. The third-order valence-corrected chi connectivity index (χ3v) is 4.72. The number of benzene rings is 2. The van der Waals surface area contributed by atoms with Gasteiger partial charge in [-0.2, -0.15) is 5.01 Å². The molecule has 2 heterocycles. The van der Waals surface area contributed by atoms with Gasteiger partial charge in [0.05, 0.1) is 0 Å². The maximum atomic E-state index is 12.9. The van der Waals surface area contributed by atoms with Gasteiger partial charge in [0.25, 0.3) is 0 Å². The summed E-state index contributed by atoms with van der Waals surface area (Å²) < 4.78 is 0. The Labute approximate surface area is 140 Å². The van der Waals surface area contributed by atoms with E-state index in [4.69, 9.17) is 11.6 Å².